The van der Waals surface area contributed by atoms with Gasteiger partial charge in [-0.1, -0.05) is 42.5 Å². The van der Waals surface area contributed by atoms with Crippen molar-refractivity contribution in [3.63, 3.8) is 0 Å². The molecule has 0 bridgehead atoms. The molecule has 4 rings (SSSR count). The normalized spacial score (nSPS) is 16.5. The minimum absolute atomic E-state index is 0.0484. The number of aromatic nitrogens is 1. The van der Waals surface area contributed by atoms with E-state index in [1.165, 1.54) is 4.88 Å². The fourth-order valence-electron chi connectivity index (χ4n) is 3.72. The Morgan fingerprint density at radius 1 is 1.13 bits per heavy atom. The molecule has 30 heavy (non-hydrogen) atoms. The molecule has 3 aromatic rings. The lowest BCUT2D eigenvalue weighted by molar-refractivity contribution is -0.139. The molecule has 2 aromatic heterocycles. The molecular formula is C24H23N3O2S. The van der Waals surface area contributed by atoms with Crippen molar-refractivity contribution in [2.24, 2.45) is 0 Å². The van der Waals surface area contributed by atoms with Gasteiger partial charge in [0.25, 0.3) is 5.91 Å². The highest BCUT2D eigenvalue weighted by molar-refractivity contribution is 7.13. The first-order chi connectivity index (χ1) is 14.7. The summed E-state index contributed by atoms with van der Waals surface area (Å²) in [4.78, 5) is 35.1. The second kappa shape index (κ2) is 9.05. The van der Waals surface area contributed by atoms with E-state index in [2.05, 4.69) is 35.1 Å². The number of pyridine rings is 1. The van der Waals surface area contributed by atoms with Crippen LogP contribution in [0.4, 0.5) is 0 Å². The van der Waals surface area contributed by atoms with Gasteiger partial charge < -0.3 is 9.80 Å². The Morgan fingerprint density at radius 2 is 1.97 bits per heavy atom. The maximum atomic E-state index is 13.2. The van der Waals surface area contributed by atoms with Gasteiger partial charge in [0.05, 0.1) is 0 Å². The second-order valence-corrected chi connectivity index (χ2v) is 8.13. The molecule has 1 fully saturated rings. The molecular weight excluding hydrogens is 394 g/mol. The summed E-state index contributed by atoms with van der Waals surface area (Å²) >= 11 is 1.70. The van der Waals surface area contributed by atoms with E-state index in [1.54, 1.807) is 51.6 Å². The first-order valence-electron chi connectivity index (χ1n) is 9.92. The van der Waals surface area contributed by atoms with Crippen LogP contribution >= 0.6 is 11.3 Å². The third kappa shape index (κ3) is 4.19. The number of amides is 2. The molecule has 6 heteroatoms. The van der Waals surface area contributed by atoms with Crippen LogP contribution < -0.4 is 0 Å². The van der Waals surface area contributed by atoms with E-state index in [0.717, 1.165) is 11.1 Å². The average molecular weight is 418 g/mol. The number of thiophene rings is 1. The molecule has 1 saturated heterocycles. The summed E-state index contributed by atoms with van der Waals surface area (Å²) in [5, 5.41) is 2.05. The van der Waals surface area contributed by atoms with Gasteiger partial charge in [-0.15, -0.1) is 17.9 Å². The molecule has 0 radical (unpaired) electrons. The van der Waals surface area contributed by atoms with Gasteiger partial charge in [0.15, 0.2) is 0 Å². The van der Waals surface area contributed by atoms with Gasteiger partial charge in [-0.05, 0) is 34.7 Å². The fourth-order valence-corrected chi connectivity index (χ4v) is 4.46. The van der Waals surface area contributed by atoms with Crippen LogP contribution in [0.2, 0.25) is 0 Å². The van der Waals surface area contributed by atoms with Gasteiger partial charge in [-0.3, -0.25) is 14.6 Å². The van der Waals surface area contributed by atoms with Crippen molar-refractivity contribution in [2.45, 2.75) is 12.5 Å². The number of carbonyl (C=O) groups is 2. The number of rotatable bonds is 6. The maximum absolute atomic E-state index is 13.2. The van der Waals surface area contributed by atoms with Gasteiger partial charge in [-0.25, -0.2) is 0 Å². The number of benzene rings is 1. The lowest BCUT2D eigenvalue weighted by Gasteiger charge is -2.40. The van der Waals surface area contributed by atoms with Gasteiger partial charge in [0.2, 0.25) is 5.91 Å². The summed E-state index contributed by atoms with van der Waals surface area (Å²) in [7, 11) is 0. The van der Waals surface area contributed by atoms with E-state index in [4.69, 9.17) is 0 Å². The summed E-state index contributed by atoms with van der Waals surface area (Å²) in [6.07, 6.45) is 3.79. The van der Waals surface area contributed by atoms with E-state index in [9.17, 15) is 9.59 Å². The van der Waals surface area contributed by atoms with E-state index >= 15 is 0 Å². The van der Waals surface area contributed by atoms with Crippen molar-refractivity contribution in [3.8, 4) is 10.4 Å². The van der Waals surface area contributed by atoms with E-state index in [0.29, 0.717) is 31.7 Å². The Labute approximate surface area is 180 Å². The van der Waals surface area contributed by atoms with Crippen LogP contribution in [0.25, 0.3) is 10.4 Å². The number of carbonyl (C=O) groups excluding carboxylic acids is 2. The zero-order valence-corrected chi connectivity index (χ0v) is 17.4. The molecule has 1 aliphatic rings. The molecule has 1 aromatic carbocycles. The van der Waals surface area contributed by atoms with Crippen molar-refractivity contribution in [3.05, 3.63) is 90.1 Å². The highest BCUT2D eigenvalue weighted by Gasteiger charge is 2.37. The zero-order chi connectivity index (χ0) is 20.9. The SMILES string of the molecule is C=CCN1CCN(C(=O)c2ccccn2)C(Cc2ccc(-c3cccs3)cc2)C1=O. The predicted octanol–water partition coefficient (Wildman–Crippen LogP) is 3.89. The number of hydrogen-bond acceptors (Lipinski definition) is 4. The van der Waals surface area contributed by atoms with Gasteiger partial charge in [-0.2, -0.15) is 0 Å². The largest absolute Gasteiger partial charge is 0.335 e. The highest BCUT2D eigenvalue weighted by Crippen LogP contribution is 2.26. The Morgan fingerprint density at radius 3 is 2.63 bits per heavy atom. The monoisotopic (exact) mass is 417 g/mol. The standard InChI is InChI=1S/C24H23N3O2S/c1-2-13-26-14-15-27(23(28)20-6-3-4-12-25-20)21(24(26)29)17-18-8-10-19(11-9-18)22-7-5-16-30-22/h2-12,16,21H,1,13-15,17H2. The van der Waals surface area contributed by atoms with Crippen LogP contribution in [-0.2, 0) is 11.2 Å². The van der Waals surface area contributed by atoms with E-state index in [-0.39, 0.29) is 11.8 Å². The second-order valence-electron chi connectivity index (χ2n) is 7.18. The molecule has 0 N–H and O–H groups in total. The zero-order valence-electron chi connectivity index (χ0n) is 16.6. The van der Waals surface area contributed by atoms with E-state index in [1.807, 2.05) is 18.2 Å². The number of nitrogens with zero attached hydrogens (tertiary/aromatic N) is 3. The van der Waals surface area contributed by atoms with Crippen LogP contribution in [-0.4, -0.2) is 52.3 Å². The van der Waals surface area contributed by atoms with Crippen LogP contribution in [0.15, 0.2) is 78.8 Å². The van der Waals surface area contributed by atoms with Gasteiger partial charge in [0.1, 0.15) is 11.7 Å². The van der Waals surface area contributed by atoms with Crippen molar-refractivity contribution < 1.29 is 9.59 Å². The fraction of sp³-hybridized carbons (Fsp3) is 0.208. The molecule has 2 amide bonds. The molecule has 152 valence electrons. The average Bonchev–Trinajstić information content (AvgIpc) is 3.32. The van der Waals surface area contributed by atoms with Crippen LogP contribution in [0, 0.1) is 0 Å². The maximum Gasteiger partial charge on any atom is 0.273 e. The Hall–Kier alpha value is -3.25. The quantitative estimate of drug-likeness (QED) is 0.572. The third-order valence-corrected chi connectivity index (χ3v) is 6.19. The Kier molecular flexibility index (Phi) is 6.05. The molecule has 1 atom stereocenters. The predicted molar refractivity (Wildman–Crippen MR) is 119 cm³/mol. The molecule has 0 spiro atoms. The molecule has 3 heterocycles. The summed E-state index contributed by atoms with van der Waals surface area (Å²) in [6.45, 7) is 5.21. The van der Waals surface area contributed by atoms with Crippen molar-refractivity contribution in [1.29, 1.82) is 0 Å². The lowest BCUT2D eigenvalue weighted by atomic mass is 9.99. The summed E-state index contributed by atoms with van der Waals surface area (Å²) in [6, 6.07) is 17.0. The van der Waals surface area contributed by atoms with Crippen LogP contribution in [0.5, 0.6) is 0 Å². The molecule has 1 aliphatic heterocycles. The van der Waals surface area contributed by atoms with Crippen molar-refractivity contribution in [2.75, 3.05) is 19.6 Å². The Balaban J connectivity index is 1.58. The van der Waals surface area contributed by atoms with Crippen LogP contribution in [0.1, 0.15) is 16.1 Å². The third-order valence-electron chi connectivity index (χ3n) is 5.27. The summed E-state index contributed by atoms with van der Waals surface area (Å²) in [5.74, 6) is -0.254. The summed E-state index contributed by atoms with van der Waals surface area (Å²) in [5.41, 5.74) is 2.53. The molecule has 0 aliphatic carbocycles. The minimum atomic E-state index is -0.555. The van der Waals surface area contributed by atoms with Crippen molar-refractivity contribution >= 4 is 23.2 Å². The molecule has 1 unspecified atom stereocenters. The topological polar surface area (TPSA) is 53.5 Å². The Bertz CT molecular complexity index is 1020. The minimum Gasteiger partial charge on any atom is -0.335 e. The highest BCUT2D eigenvalue weighted by atomic mass is 32.1. The number of piperazine rings is 1. The summed E-state index contributed by atoms with van der Waals surface area (Å²) < 4.78 is 0. The van der Waals surface area contributed by atoms with Gasteiger partial charge in [0, 0.05) is 37.1 Å². The van der Waals surface area contributed by atoms with Crippen LogP contribution in [0.3, 0.4) is 0 Å². The molecule has 0 saturated carbocycles. The first kappa shape index (κ1) is 20.0. The van der Waals surface area contributed by atoms with Gasteiger partial charge >= 0.3 is 0 Å². The lowest BCUT2D eigenvalue weighted by Crippen LogP contribution is -2.59. The first-order valence-corrected chi connectivity index (χ1v) is 10.8. The number of hydrogen-bond donors (Lipinski definition) is 0. The molecule has 5 nitrogen and oxygen atoms in total. The van der Waals surface area contributed by atoms with Crippen molar-refractivity contribution in [1.82, 2.24) is 14.8 Å². The smallest absolute Gasteiger partial charge is 0.273 e. The van der Waals surface area contributed by atoms with E-state index < -0.39 is 6.04 Å².